The van der Waals surface area contributed by atoms with Crippen LogP contribution < -0.4 is 10.9 Å². The number of hydrogen-bond donors (Lipinski definition) is 1. The molecule has 27 heavy (non-hydrogen) atoms. The van der Waals surface area contributed by atoms with E-state index in [1.54, 1.807) is 35.8 Å². The van der Waals surface area contributed by atoms with Crippen LogP contribution in [-0.4, -0.2) is 27.3 Å². The molecule has 1 N–H and O–H groups in total. The SMILES string of the molecule is CCNC(=O)[C@H](C)Sc1nc2ccccc2c(=O)n1-c1cccc(Cl)c1C. The zero-order valence-corrected chi connectivity index (χ0v) is 16.9. The molecule has 7 heteroatoms. The number of carbonyl (C=O) groups excluding carboxylic acids is 1. The quantitative estimate of drug-likeness (QED) is 0.519. The van der Waals surface area contributed by atoms with E-state index in [-0.39, 0.29) is 11.5 Å². The predicted molar refractivity (Wildman–Crippen MR) is 111 cm³/mol. The van der Waals surface area contributed by atoms with Crippen molar-refractivity contribution in [3.63, 3.8) is 0 Å². The number of rotatable bonds is 5. The Bertz CT molecular complexity index is 1060. The van der Waals surface area contributed by atoms with Crippen LogP contribution in [-0.2, 0) is 4.79 Å². The Morgan fingerprint density at radius 3 is 2.74 bits per heavy atom. The van der Waals surface area contributed by atoms with Crippen LogP contribution in [0.2, 0.25) is 5.02 Å². The third-order valence-electron chi connectivity index (χ3n) is 4.23. The van der Waals surface area contributed by atoms with Gasteiger partial charge in [-0.2, -0.15) is 0 Å². The number of halogens is 1. The van der Waals surface area contributed by atoms with Gasteiger partial charge in [-0.25, -0.2) is 4.98 Å². The molecular formula is C20H20ClN3O2S. The minimum atomic E-state index is -0.399. The maximum Gasteiger partial charge on any atom is 0.266 e. The number of nitrogens with zero attached hydrogens (tertiary/aromatic N) is 2. The number of aromatic nitrogens is 2. The van der Waals surface area contributed by atoms with E-state index in [1.165, 1.54) is 11.8 Å². The molecule has 3 rings (SSSR count). The third-order valence-corrected chi connectivity index (χ3v) is 5.69. The van der Waals surface area contributed by atoms with E-state index in [4.69, 9.17) is 11.6 Å². The van der Waals surface area contributed by atoms with Crippen molar-refractivity contribution in [1.82, 2.24) is 14.9 Å². The number of benzene rings is 2. The number of thioether (sulfide) groups is 1. The molecule has 0 aliphatic heterocycles. The van der Waals surface area contributed by atoms with E-state index in [1.807, 2.05) is 32.0 Å². The van der Waals surface area contributed by atoms with Gasteiger partial charge in [0, 0.05) is 11.6 Å². The first-order chi connectivity index (χ1) is 12.9. The van der Waals surface area contributed by atoms with Gasteiger partial charge in [0.1, 0.15) is 0 Å². The Morgan fingerprint density at radius 2 is 2.00 bits per heavy atom. The molecule has 3 aromatic rings. The number of nitrogens with one attached hydrogen (secondary N) is 1. The van der Waals surface area contributed by atoms with E-state index in [0.29, 0.717) is 33.3 Å². The van der Waals surface area contributed by atoms with Gasteiger partial charge in [0.2, 0.25) is 5.91 Å². The van der Waals surface area contributed by atoms with Gasteiger partial charge in [0.15, 0.2) is 5.16 Å². The summed E-state index contributed by atoms with van der Waals surface area (Å²) in [5.74, 6) is -0.0979. The molecule has 2 aromatic carbocycles. The van der Waals surface area contributed by atoms with E-state index in [2.05, 4.69) is 10.3 Å². The molecule has 0 bridgehead atoms. The molecule has 0 saturated heterocycles. The lowest BCUT2D eigenvalue weighted by atomic mass is 10.2. The number of fused-ring (bicyclic) bond motifs is 1. The van der Waals surface area contributed by atoms with Gasteiger partial charge in [0.05, 0.1) is 21.8 Å². The lowest BCUT2D eigenvalue weighted by Crippen LogP contribution is -2.31. The number of hydrogen-bond acceptors (Lipinski definition) is 4. The molecule has 1 amide bonds. The predicted octanol–water partition coefficient (Wildman–Crippen LogP) is 3.96. The second-order valence-electron chi connectivity index (χ2n) is 6.09. The first-order valence-corrected chi connectivity index (χ1v) is 9.91. The number of amides is 1. The van der Waals surface area contributed by atoms with Crippen molar-refractivity contribution >= 4 is 40.2 Å². The molecule has 1 heterocycles. The molecule has 5 nitrogen and oxygen atoms in total. The van der Waals surface area contributed by atoms with Crippen LogP contribution in [0, 0.1) is 6.92 Å². The summed E-state index contributed by atoms with van der Waals surface area (Å²) in [6.07, 6.45) is 0. The smallest absolute Gasteiger partial charge is 0.266 e. The molecule has 0 fully saturated rings. The Kier molecular flexibility index (Phi) is 5.87. The van der Waals surface area contributed by atoms with E-state index < -0.39 is 5.25 Å². The van der Waals surface area contributed by atoms with Crippen LogP contribution >= 0.6 is 23.4 Å². The highest BCUT2D eigenvalue weighted by molar-refractivity contribution is 8.00. The van der Waals surface area contributed by atoms with Crippen LogP contribution in [0.4, 0.5) is 0 Å². The highest BCUT2D eigenvalue weighted by atomic mass is 35.5. The molecule has 140 valence electrons. The fourth-order valence-corrected chi connectivity index (χ4v) is 3.89. The molecule has 0 spiro atoms. The highest BCUT2D eigenvalue weighted by Crippen LogP contribution is 2.28. The fourth-order valence-electron chi connectivity index (χ4n) is 2.77. The average molecular weight is 402 g/mol. The molecule has 0 radical (unpaired) electrons. The Labute approximate surface area is 166 Å². The van der Waals surface area contributed by atoms with Crippen LogP contribution in [0.15, 0.2) is 52.4 Å². The molecule has 0 aliphatic carbocycles. The maximum atomic E-state index is 13.3. The van der Waals surface area contributed by atoms with Gasteiger partial charge in [-0.1, -0.05) is 41.6 Å². The largest absolute Gasteiger partial charge is 0.355 e. The molecule has 0 saturated carbocycles. The Hall–Kier alpha value is -2.31. The zero-order valence-electron chi connectivity index (χ0n) is 15.3. The Morgan fingerprint density at radius 1 is 1.26 bits per heavy atom. The van der Waals surface area contributed by atoms with Crippen molar-refractivity contribution in [3.05, 3.63) is 63.4 Å². The first-order valence-electron chi connectivity index (χ1n) is 8.65. The summed E-state index contributed by atoms with van der Waals surface area (Å²) in [7, 11) is 0. The van der Waals surface area contributed by atoms with Crippen molar-refractivity contribution in [2.75, 3.05) is 6.54 Å². The van der Waals surface area contributed by atoms with Gasteiger partial charge >= 0.3 is 0 Å². The van der Waals surface area contributed by atoms with E-state index in [9.17, 15) is 9.59 Å². The summed E-state index contributed by atoms with van der Waals surface area (Å²) >= 11 is 7.53. The Balaban J connectivity index is 2.23. The monoisotopic (exact) mass is 401 g/mol. The van der Waals surface area contributed by atoms with Crippen LogP contribution in [0.5, 0.6) is 0 Å². The summed E-state index contributed by atoms with van der Waals surface area (Å²) in [4.78, 5) is 30.1. The maximum absolute atomic E-state index is 13.3. The number of para-hydroxylation sites is 1. The molecule has 0 aliphatic rings. The third kappa shape index (κ3) is 3.87. The van der Waals surface area contributed by atoms with Gasteiger partial charge < -0.3 is 5.32 Å². The normalized spacial score (nSPS) is 12.1. The summed E-state index contributed by atoms with van der Waals surface area (Å²) in [5, 5.41) is 3.95. The van der Waals surface area contributed by atoms with E-state index >= 15 is 0 Å². The van der Waals surface area contributed by atoms with Crippen LogP contribution in [0.3, 0.4) is 0 Å². The summed E-state index contributed by atoms with van der Waals surface area (Å²) in [6, 6.07) is 12.6. The molecule has 1 aromatic heterocycles. The second-order valence-corrected chi connectivity index (χ2v) is 7.81. The van der Waals surface area contributed by atoms with Crippen molar-refractivity contribution in [3.8, 4) is 5.69 Å². The molecular weight excluding hydrogens is 382 g/mol. The standard InChI is InChI=1S/C20H20ClN3O2S/c1-4-22-18(25)13(3)27-20-23-16-10-6-5-8-14(16)19(26)24(20)17-11-7-9-15(21)12(17)2/h5-11,13H,4H2,1-3H3,(H,22,25)/t13-/m0/s1. The van der Waals surface area contributed by atoms with Gasteiger partial charge in [-0.05, 0) is 50.6 Å². The number of carbonyl (C=O) groups is 1. The summed E-state index contributed by atoms with van der Waals surface area (Å²) in [5.41, 5.74) is 1.86. The molecule has 1 atom stereocenters. The topological polar surface area (TPSA) is 64.0 Å². The van der Waals surface area contributed by atoms with Gasteiger partial charge in [-0.15, -0.1) is 0 Å². The zero-order chi connectivity index (χ0) is 19.6. The summed E-state index contributed by atoms with van der Waals surface area (Å²) < 4.78 is 1.55. The highest BCUT2D eigenvalue weighted by Gasteiger charge is 2.20. The second kappa shape index (κ2) is 8.15. The summed E-state index contributed by atoms with van der Waals surface area (Å²) in [6.45, 7) is 6.08. The van der Waals surface area contributed by atoms with Gasteiger partial charge in [0.25, 0.3) is 5.56 Å². The van der Waals surface area contributed by atoms with Crippen molar-refractivity contribution in [2.24, 2.45) is 0 Å². The lowest BCUT2D eigenvalue weighted by Gasteiger charge is -2.18. The van der Waals surface area contributed by atoms with Gasteiger partial charge in [-0.3, -0.25) is 14.2 Å². The van der Waals surface area contributed by atoms with Crippen molar-refractivity contribution in [2.45, 2.75) is 31.2 Å². The fraction of sp³-hybridized carbons (Fsp3) is 0.250. The van der Waals surface area contributed by atoms with Crippen LogP contribution in [0.25, 0.3) is 16.6 Å². The minimum absolute atomic E-state index is 0.0979. The first kappa shape index (κ1) is 19.5. The average Bonchev–Trinajstić information content (AvgIpc) is 2.65. The molecule has 0 unspecified atom stereocenters. The van der Waals surface area contributed by atoms with Crippen LogP contribution in [0.1, 0.15) is 19.4 Å². The lowest BCUT2D eigenvalue weighted by molar-refractivity contribution is -0.120. The minimum Gasteiger partial charge on any atom is -0.355 e. The van der Waals surface area contributed by atoms with Crippen molar-refractivity contribution in [1.29, 1.82) is 0 Å². The van der Waals surface area contributed by atoms with E-state index in [0.717, 1.165) is 5.56 Å². The van der Waals surface area contributed by atoms with Crippen molar-refractivity contribution < 1.29 is 4.79 Å².